The van der Waals surface area contributed by atoms with Crippen molar-refractivity contribution in [2.45, 2.75) is 19.5 Å². The second-order valence-electron chi connectivity index (χ2n) is 5.75. The molecule has 0 bridgehead atoms. The Labute approximate surface area is 158 Å². The number of hydrogen-bond donors (Lipinski definition) is 2. The highest BCUT2D eigenvalue weighted by Crippen LogP contribution is 2.20. The lowest BCUT2D eigenvalue weighted by Crippen LogP contribution is -2.15. The minimum atomic E-state index is -1.08. The fraction of sp³-hybridized carbons (Fsp3) is 0.176. The molecule has 27 heavy (non-hydrogen) atoms. The molecule has 1 aromatic carbocycles. The fourth-order valence-corrected chi connectivity index (χ4v) is 2.54. The number of aryl methyl sites for hydroxylation is 1. The van der Waals surface area contributed by atoms with Gasteiger partial charge < -0.3 is 10.4 Å². The SMILES string of the molecule is O=C(CCn1cc(C(=O)O)cn1)Nc1nn(Cc2ccc(F)cc2)cc1Cl. The summed E-state index contributed by atoms with van der Waals surface area (Å²) in [5, 5.41) is 19.8. The van der Waals surface area contributed by atoms with E-state index in [0.29, 0.717) is 6.54 Å². The molecule has 3 rings (SSSR count). The van der Waals surface area contributed by atoms with Gasteiger partial charge in [-0.05, 0) is 17.7 Å². The van der Waals surface area contributed by atoms with E-state index < -0.39 is 5.97 Å². The Hall–Kier alpha value is -3.20. The van der Waals surface area contributed by atoms with Crippen LogP contribution in [0.25, 0.3) is 0 Å². The van der Waals surface area contributed by atoms with Crippen molar-refractivity contribution in [3.8, 4) is 0 Å². The molecule has 0 saturated carbocycles. The average molecular weight is 392 g/mol. The van der Waals surface area contributed by atoms with Crippen LogP contribution in [0.15, 0.2) is 42.9 Å². The van der Waals surface area contributed by atoms with Gasteiger partial charge in [-0.3, -0.25) is 14.2 Å². The number of aromatic carboxylic acids is 1. The van der Waals surface area contributed by atoms with E-state index in [2.05, 4.69) is 15.5 Å². The Balaban J connectivity index is 1.56. The Morgan fingerprint density at radius 1 is 1.19 bits per heavy atom. The zero-order valence-electron chi connectivity index (χ0n) is 14.0. The number of benzene rings is 1. The minimum Gasteiger partial charge on any atom is -0.478 e. The molecule has 0 unspecified atom stereocenters. The molecule has 0 fully saturated rings. The topological polar surface area (TPSA) is 102 Å². The number of hydrogen-bond acceptors (Lipinski definition) is 4. The summed E-state index contributed by atoms with van der Waals surface area (Å²) in [7, 11) is 0. The lowest BCUT2D eigenvalue weighted by Gasteiger charge is -2.04. The third kappa shape index (κ3) is 4.91. The number of carboxylic acid groups (broad SMARTS) is 1. The lowest BCUT2D eigenvalue weighted by molar-refractivity contribution is -0.116. The Morgan fingerprint density at radius 3 is 2.59 bits per heavy atom. The number of nitrogens with one attached hydrogen (secondary N) is 1. The van der Waals surface area contributed by atoms with Crippen LogP contribution < -0.4 is 5.32 Å². The van der Waals surface area contributed by atoms with E-state index in [4.69, 9.17) is 16.7 Å². The van der Waals surface area contributed by atoms with E-state index in [1.807, 2.05) is 0 Å². The van der Waals surface area contributed by atoms with Crippen LogP contribution in [-0.4, -0.2) is 36.5 Å². The van der Waals surface area contributed by atoms with E-state index in [0.717, 1.165) is 5.56 Å². The Morgan fingerprint density at radius 2 is 1.93 bits per heavy atom. The molecule has 0 atom stereocenters. The highest BCUT2D eigenvalue weighted by Gasteiger charge is 2.12. The van der Waals surface area contributed by atoms with Crippen molar-refractivity contribution < 1.29 is 19.1 Å². The number of carbonyl (C=O) groups excluding carboxylic acids is 1. The first kappa shape index (κ1) is 18.6. The van der Waals surface area contributed by atoms with Gasteiger partial charge in [0.25, 0.3) is 0 Å². The van der Waals surface area contributed by atoms with E-state index in [-0.39, 0.29) is 41.1 Å². The number of aromatic nitrogens is 4. The molecule has 140 valence electrons. The minimum absolute atomic E-state index is 0.0537. The Bertz CT molecular complexity index is 967. The van der Waals surface area contributed by atoms with Gasteiger partial charge >= 0.3 is 5.97 Å². The number of nitrogens with zero attached hydrogens (tertiary/aromatic N) is 4. The van der Waals surface area contributed by atoms with Crippen molar-refractivity contribution in [3.63, 3.8) is 0 Å². The van der Waals surface area contributed by atoms with E-state index >= 15 is 0 Å². The van der Waals surface area contributed by atoms with Crippen molar-refractivity contribution in [1.29, 1.82) is 0 Å². The molecule has 2 aromatic heterocycles. The standard InChI is InChI=1S/C17H15ClFN5O3/c18-14-10-24(8-11-1-3-13(19)4-2-11)22-16(14)21-15(25)5-6-23-9-12(7-20-23)17(26)27/h1-4,7,9-10H,5-6,8H2,(H,26,27)(H,21,22,25). The summed E-state index contributed by atoms with van der Waals surface area (Å²) in [6.45, 7) is 0.591. The van der Waals surface area contributed by atoms with E-state index in [1.54, 1.807) is 18.3 Å². The van der Waals surface area contributed by atoms with Crippen molar-refractivity contribution >= 4 is 29.3 Å². The molecule has 2 N–H and O–H groups in total. The highest BCUT2D eigenvalue weighted by atomic mass is 35.5. The van der Waals surface area contributed by atoms with Crippen molar-refractivity contribution in [2.75, 3.05) is 5.32 Å². The summed E-state index contributed by atoms with van der Waals surface area (Å²) in [5.74, 6) is -1.52. The van der Waals surface area contributed by atoms with Crippen LogP contribution in [0.3, 0.4) is 0 Å². The number of carbonyl (C=O) groups is 2. The predicted octanol–water partition coefficient (Wildman–Crippen LogP) is 2.65. The predicted molar refractivity (Wildman–Crippen MR) is 95.2 cm³/mol. The zero-order valence-corrected chi connectivity index (χ0v) is 14.7. The van der Waals surface area contributed by atoms with Crippen LogP contribution in [0, 0.1) is 5.82 Å². The molecule has 10 heteroatoms. The van der Waals surface area contributed by atoms with Gasteiger partial charge in [-0.1, -0.05) is 23.7 Å². The normalized spacial score (nSPS) is 10.7. The van der Waals surface area contributed by atoms with Gasteiger partial charge in [0.15, 0.2) is 5.82 Å². The van der Waals surface area contributed by atoms with Gasteiger partial charge in [-0.15, -0.1) is 0 Å². The molecular formula is C17H15ClFN5O3. The maximum absolute atomic E-state index is 12.9. The molecule has 3 aromatic rings. The molecule has 0 spiro atoms. The number of halogens is 2. The van der Waals surface area contributed by atoms with Crippen molar-refractivity contribution in [3.05, 3.63) is 64.8 Å². The summed E-state index contributed by atoms with van der Waals surface area (Å²) < 4.78 is 15.9. The molecule has 0 aliphatic rings. The molecular weight excluding hydrogens is 377 g/mol. The van der Waals surface area contributed by atoms with Crippen LogP contribution in [-0.2, 0) is 17.9 Å². The van der Waals surface area contributed by atoms with Gasteiger partial charge in [0.2, 0.25) is 5.91 Å². The zero-order chi connectivity index (χ0) is 19.4. The van der Waals surface area contributed by atoms with Crippen LogP contribution in [0.4, 0.5) is 10.2 Å². The van der Waals surface area contributed by atoms with Gasteiger partial charge in [-0.2, -0.15) is 10.2 Å². The first-order chi connectivity index (χ1) is 12.9. The van der Waals surface area contributed by atoms with Crippen LogP contribution in [0.5, 0.6) is 0 Å². The third-order valence-electron chi connectivity index (χ3n) is 3.68. The first-order valence-corrected chi connectivity index (χ1v) is 8.31. The summed E-state index contributed by atoms with van der Waals surface area (Å²) >= 11 is 6.09. The third-order valence-corrected chi connectivity index (χ3v) is 3.96. The highest BCUT2D eigenvalue weighted by molar-refractivity contribution is 6.33. The van der Waals surface area contributed by atoms with E-state index in [1.165, 1.54) is 33.9 Å². The maximum atomic E-state index is 12.9. The van der Waals surface area contributed by atoms with Gasteiger partial charge in [0.05, 0.1) is 18.3 Å². The summed E-state index contributed by atoms with van der Waals surface area (Å²) in [4.78, 5) is 22.9. The summed E-state index contributed by atoms with van der Waals surface area (Å²) in [6, 6.07) is 5.99. The smallest absolute Gasteiger partial charge is 0.338 e. The van der Waals surface area contributed by atoms with Crippen molar-refractivity contribution in [2.24, 2.45) is 0 Å². The van der Waals surface area contributed by atoms with Gasteiger partial charge in [-0.25, -0.2) is 9.18 Å². The maximum Gasteiger partial charge on any atom is 0.338 e. The number of anilines is 1. The molecule has 0 radical (unpaired) electrons. The summed E-state index contributed by atoms with van der Waals surface area (Å²) in [5.41, 5.74) is 0.888. The molecule has 0 aliphatic carbocycles. The molecule has 8 nitrogen and oxygen atoms in total. The number of amides is 1. The molecule has 1 amide bonds. The van der Waals surface area contributed by atoms with Crippen LogP contribution in [0.1, 0.15) is 22.3 Å². The fourth-order valence-electron chi connectivity index (χ4n) is 2.35. The first-order valence-electron chi connectivity index (χ1n) is 7.93. The monoisotopic (exact) mass is 391 g/mol. The average Bonchev–Trinajstić information content (AvgIpc) is 3.22. The molecule has 2 heterocycles. The second kappa shape index (κ2) is 8.00. The van der Waals surface area contributed by atoms with Crippen LogP contribution >= 0.6 is 11.6 Å². The lowest BCUT2D eigenvalue weighted by atomic mass is 10.2. The molecule has 0 aliphatic heterocycles. The van der Waals surface area contributed by atoms with Gasteiger partial charge in [0.1, 0.15) is 10.8 Å². The Kier molecular flexibility index (Phi) is 5.51. The number of rotatable bonds is 7. The quantitative estimate of drug-likeness (QED) is 0.644. The van der Waals surface area contributed by atoms with E-state index in [9.17, 15) is 14.0 Å². The second-order valence-corrected chi connectivity index (χ2v) is 6.15. The van der Waals surface area contributed by atoms with Gasteiger partial charge in [0, 0.05) is 25.4 Å². The van der Waals surface area contributed by atoms with Crippen molar-refractivity contribution in [1.82, 2.24) is 19.6 Å². The summed E-state index contributed by atoms with van der Waals surface area (Å²) in [6.07, 6.45) is 4.20. The largest absolute Gasteiger partial charge is 0.478 e. The number of carboxylic acids is 1. The van der Waals surface area contributed by atoms with Crippen LogP contribution in [0.2, 0.25) is 5.02 Å². The molecule has 0 saturated heterocycles.